The number of ether oxygens (including phenoxy) is 1. The van der Waals surface area contributed by atoms with Crippen LogP contribution < -0.4 is 10.6 Å². The normalized spacial score (nSPS) is 14.5. The van der Waals surface area contributed by atoms with Gasteiger partial charge in [0.15, 0.2) is 0 Å². The van der Waals surface area contributed by atoms with Crippen LogP contribution in [-0.2, 0) is 14.3 Å². The molecule has 0 spiro atoms. The lowest BCUT2D eigenvalue weighted by Crippen LogP contribution is -2.57. The highest BCUT2D eigenvalue weighted by Crippen LogP contribution is 2.31. The molecule has 8 heteroatoms. The number of carbonyl (C=O) groups is 3. The first-order valence-electron chi connectivity index (χ1n) is 14.6. The number of aromatic hydroxyl groups is 1. The zero-order valence-electron chi connectivity index (χ0n) is 26.2. The zero-order chi connectivity index (χ0) is 30.9. The number of anilines is 1. The lowest BCUT2D eigenvalue weighted by Gasteiger charge is -2.40. The van der Waals surface area contributed by atoms with Crippen LogP contribution in [0.3, 0.4) is 0 Å². The highest BCUT2D eigenvalue weighted by molar-refractivity contribution is 5.99. The molecule has 0 aliphatic heterocycles. The summed E-state index contributed by atoms with van der Waals surface area (Å²) in [5.74, 6) is -0.646. The summed E-state index contributed by atoms with van der Waals surface area (Å²) in [6.45, 7) is 17.2. The fraction of sp³-hybridized carbons (Fsp3) is 0.545. The van der Waals surface area contributed by atoms with E-state index in [0.29, 0.717) is 30.0 Å². The molecule has 0 aliphatic rings. The van der Waals surface area contributed by atoms with Crippen molar-refractivity contribution in [2.75, 3.05) is 5.32 Å². The van der Waals surface area contributed by atoms with Crippen molar-refractivity contribution in [1.29, 1.82) is 0 Å². The number of phenols is 1. The first-order valence-corrected chi connectivity index (χ1v) is 14.6. The lowest BCUT2D eigenvalue weighted by molar-refractivity contribution is -0.144. The Morgan fingerprint density at radius 1 is 0.976 bits per heavy atom. The quantitative estimate of drug-likeness (QED) is 0.257. The van der Waals surface area contributed by atoms with Gasteiger partial charge in [-0.2, -0.15) is 0 Å². The molecule has 41 heavy (non-hydrogen) atoms. The second kappa shape index (κ2) is 14.9. The van der Waals surface area contributed by atoms with Crippen LogP contribution in [0.4, 0.5) is 10.5 Å². The molecule has 0 bridgehead atoms. The molecule has 8 nitrogen and oxygen atoms in total. The van der Waals surface area contributed by atoms with Crippen LogP contribution >= 0.6 is 0 Å². The van der Waals surface area contributed by atoms with E-state index in [0.717, 1.165) is 12.0 Å². The molecule has 0 heterocycles. The predicted octanol–water partition coefficient (Wildman–Crippen LogP) is 6.97. The summed E-state index contributed by atoms with van der Waals surface area (Å²) in [5, 5.41) is 16.2. The molecule has 0 saturated heterocycles. The van der Waals surface area contributed by atoms with E-state index < -0.39 is 29.7 Å². The van der Waals surface area contributed by atoms with Gasteiger partial charge in [-0.05, 0) is 88.6 Å². The Labute approximate surface area is 245 Å². The lowest BCUT2D eigenvalue weighted by atomic mass is 9.93. The third-order valence-corrected chi connectivity index (χ3v) is 7.16. The number of carbonyl (C=O) groups excluding carboxylic acids is 3. The van der Waals surface area contributed by atoms with Crippen LogP contribution in [0.5, 0.6) is 5.75 Å². The van der Waals surface area contributed by atoms with Crippen LogP contribution in [-0.4, -0.2) is 45.6 Å². The maximum atomic E-state index is 14.6. The molecule has 2 aromatic carbocycles. The van der Waals surface area contributed by atoms with E-state index in [4.69, 9.17) is 4.74 Å². The maximum absolute atomic E-state index is 14.6. The Hall–Kier alpha value is -3.55. The summed E-state index contributed by atoms with van der Waals surface area (Å²) < 4.78 is 5.50. The van der Waals surface area contributed by atoms with Crippen molar-refractivity contribution >= 4 is 23.6 Å². The number of aryl methyl sites for hydroxylation is 1. The summed E-state index contributed by atoms with van der Waals surface area (Å²) in [4.78, 5) is 43.2. The fourth-order valence-electron chi connectivity index (χ4n) is 4.64. The van der Waals surface area contributed by atoms with Crippen LogP contribution in [0.1, 0.15) is 91.8 Å². The Morgan fingerprint density at radius 3 is 2.20 bits per heavy atom. The molecule has 0 aromatic heterocycles. The van der Waals surface area contributed by atoms with Gasteiger partial charge in [-0.25, -0.2) is 4.79 Å². The second-order valence-corrected chi connectivity index (χ2v) is 12.4. The van der Waals surface area contributed by atoms with Crippen molar-refractivity contribution in [2.45, 2.75) is 105 Å². The van der Waals surface area contributed by atoms with Crippen molar-refractivity contribution in [3.63, 3.8) is 0 Å². The summed E-state index contributed by atoms with van der Waals surface area (Å²) in [6.07, 6.45) is 1.41. The summed E-state index contributed by atoms with van der Waals surface area (Å²) in [6, 6.07) is 11.5. The van der Waals surface area contributed by atoms with Crippen LogP contribution in [0, 0.1) is 18.8 Å². The fourth-order valence-corrected chi connectivity index (χ4v) is 4.64. The molecule has 226 valence electrons. The van der Waals surface area contributed by atoms with Crippen molar-refractivity contribution in [3.05, 3.63) is 59.7 Å². The number of phenolic OH excluding ortho intramolecular Hbond substituents is 1. The Kier molecular flexibility index (Phi) is 12.2. The van der Waals surface area contributed by atoms with Crippen LogP contribution in [0.2, 0.25) is 0 Å². The Morgan fingerprint density at radius 2 is 1.63 bits per heavy atom. The topological polar surface area (TPSA) is 108 Å². The predicted molar refractivity (Wildman–Crippen MR) is 164 cm³/mol. The molecule has 3 amide bonds. The molecule has 0 radical (unpaired) electrons. The molecule has 4 atom stereocenters. The van der Waals surface area contributed by atoms with Crippen molar-refractivity contribution < 1.29 is 24.2 Å². The molecular weight excluding hydrogens is 518 g/mol. The number of nitrogens with zero attached hydrogens (tertiary/aromatic N) is 1. The van der Waals surface area contributed by atoms with Gasteiger partial charge in [0.1, 0.15) is 23.4 Å². The monoisotopic (exact) mass is 567 g/mol. The molecule has 0 saturated carbocycles. The van der Waals surface area contributed by atoms with Gasteiger partial charge in [0.05, 0.1) is 0 Å². The van der Waals surface area contributed by atoms with E-state index in [9.17, 15) is 19.5 Å². The van der Waals surface area contributed by atoms with Crippen molar-refractivity contribution in [3.8, 4) is 5.75 Å². The first kappa shape index (κ1) is 33.7. The summed E-state index contributed by atoms with van der Waals surface area (Å²) in [5.41, 5.74) is 1.25. The van der Waals surface area contributed by atoms with Gasteiger partial charge < -0.3 is 25.4 Å². The third kappa shape index (κ3) is 10.1. The number of nitrogens with one attached hydrogen (secondary N) is 2. The SMILES string of the molecule is CCC(C)C(NC(=O)OC(C)(C)C)C(=O)N(C(C)CCC(C)C)C(C(=O)Nc1ccccc1C)c1cccc(O)c1. The average Bonchev–Trinajstić information content (AvgIpc) is 2.88. The molecule has 0 aliphatic carbocycles. The molecule has 4 unspecified atom stereocenters. The van der Waals surface area contributed by atoms with E-state index in [2.05, 4.69) is 24.5 Å². The van der Waals surface area contributed by atoms with Gasteiger partial charge in [-0.3, -0.25) is 9.59 Å². The molecule has 2 rings (SSSR count). The number of hydrogen-bond donors (Lipinski definition) is 3. The number of hydrogen-bond acceptors (Lipinski definition) is 5. The number of para-hydroxylation sites is 1. The minimum absolute atomic E-state index is 0.0104. The van der Waals surface area contributed by atoms with Gasteiger partial charge >= 0.3 is 6.09 Å². The van der Waals surface area contributed by atoms with Gasteiger partial charge in [-0.1, -0.05) is 64.4 Å². The van der Waals surface area contributed by atoms with Crippen molar-refractivity contribution in [2.24, 2.45) is 11.8 Å². The highest BCUT2D eigenvalue weighted by Gasteiger charge is 2.40. The zero-order valence-corrected chi connectivity index (χ0v) is 26.2. The Bertz CT molecular complexity index is 1170. The summed E-state index contributed by atoms with van der Waals surface area (Å²) >= 11 is 0. The molecule has 0 fully saturated rings. The highest BCUT2D eigenvalue weighted by atomic mass is 16.6. The number of rotatable bonds is 12. The molecule has 2 aromatic rings. The van der Waals surface area contributed by atoms with Gasteiger partial charge in [-0.15, -0.1) is 0 Å². The van der Waals surface area contributed by atoms with Crippen LogP contribution in [0.25, 0.3) is 0 Å². The van der Waals surface area contributed by atoms with E-state index in [1.807, 2.05) is 52.0 Å². The standard InChI is InChI=1S/C33H49N3O5/c1-10-22(4)28(35-32(40)41-33(7,8)9)31(39)36(24(6)19-18-21(2)3)29(25-15-13-16-26(37)20-25)30(38)34-27-17-12-11-14-23(27)5/h11-17,20-22,24,28-29,37H,10,18-19H2,1-9H3,(H,34,38)(H,35,40). The average molecular weight is 568 g/mol. The maximum Gasteiger partial charge on any atom is 0.408 e. The largest absolute Gasteiger partial charge is 0.508 e. The molecule has 3 N–H and O–H groups in total. The minimum atomic E-state index is -1.07. The van der Waals surface area contributed by atoms with E-state index in [-0.39, 0.29) is 23.6 Å². The van der Waals surface area contributed by atoms with Gasteiger partial charge in [0.2, 0.25) is 5.91 Å². The first-order chi connectivity index (χ1) is 19.1. The second-order valence-electron chi connectivity index (χ2n) is 12.4. The minimum Gasteiger partial charge on any atom is -0.508 e. The van der Waals surface area contributed by atoms with E-state index in [1.54, 1.807) is 37.8 Å². The van der Waals surface area contributed by atoms with Crippen molar-refractivity contribution in [1.82, 2.24) is 10.2 Å². The van der Waals surface area contributed by atoms with Gasteiger partial charge in [0, 0.05) is 11.7 Å². The van der Waals surface area contributed by atoms with Gasteiger partial charge in [0.25, 0.3) is 5.91 Å². The van der Waals surface area contributed by atoms with E-state index in [1.165, 1.54) is 12.1 Å². The van der Waals surface area contributed by atoms with E-state index >= 15 is 0 Å². The third-order valence-electron chi connectivity index (χ3n) is 7.16. The number of amides is 3. The summed E-state index contributed by atoms with van der Waals surface area (Å²) in [7, 11) is 0. The van der Waals surface area contributed by atoms with Crippen LogP contribution in [0.15, 0.2) is 48.5 Å². The Balaban J connectivity index is 2.66. The number of benzene rings is 2. The smallest absolute Gasteiger partial charge is 0.408 e. The molecular formula is C33H49N3O5. The number of alkyl carbamates (subject to hydrolysis) is 1.